The maximum absolute atomic E-state index is 9.09. The van der Waals surface area contributed by atoms with Crippen molar-refractivity contribution < 1.29 is 5.21 Å². The van der Waals surface area contributed by atoms with Gasteiger partial charge in [0.1, 0.15) is 0 Å². The number of rotatable bonds is 1. The lowest BCUT2D eigenvalue weighted by Crippen LogP contribution is -2.46. The zero-order valence-corrected chi connectivity index (χ0v) is 10.5. The number of hydrogen-bond donors (Lipinski definition) is 2. The van der Waals surface area contributed by atoms with Crippen LogP contribution in [0.2, 0.25) is 0 Å². The Bertz CT molecular complexity index is 360. The summed E-state index contributed by atoms with van der Waals surface area (Å²) in [7, 11) is 0. The molecule has 0 unspecified atom stereocenters. The highest BCUT2D eigenvalue weighted by molar-refractivity contribution is 9.10. The molecule has 0 aromatic carbocycles. The van der Waals surface area contributed by atoms with Gasteiger partial charge in [0.25, 0.3) is 0 Å². The minimum absolute atomic E-state index is 0.665. The fourth-order valence-corrected chi connectivity index (χ4v) is 3.14. The van der Waals surface area contributed by atoms with Crippen LogP contribution >= 0.6 is 27.3 Å². The maximum Gasteiger partial charge on any atom is 0.186 e. The monoisotopic (exact) mass is 289 g/mol. The van der Waals surface area contributed by atoms with Gasteiger partial charge in [0.15, 0.2) is 5.84 Å². The number of nitrogens with zero attached hydrogens (tertiary/aromatic N) is 2. The molecule has 0 spiro atoms. The standard InChI is InChI=1S/C9H12BrN3OS/c10-7-1-6-15-8(7)9(12-14)13-4-2-11-3-5-13/h1,6,11,14H,2-5H2. The fourth-order valence-electron chi connectivity index (χ4n) is 1.58. The van der Waals surface area contributed by atoms with Crippen LogP contribution < -0.4 is 5.32 Å². The second-order valence-corrected chi connectivity index (χ2v) is 5.03. The number of halogens is 1. The number of thiophene rings is 1. The summed E-state index contributed by atoms with van der Waals surface area (Å²) in [5, 5.41) is 17.7. The highest BCUT2D eigenvalue weighted by Gasteiger charge is 2.19. The van der Waals surface area contributed by atoms with Crippen molar-refractivity contribution in [1.82, 2.24) is 10.2 Å². The molecule has 0 amide bonds. The van der Waals surface area contributed by atoms with Gasteiger partial charge in [0.05, 0.1) is 4.88 Å². The SMILES string of the molecule is ON=C(c1sccc1Br)N1CCNCC1. The van der Waals surface area contributed by atoms with Crippen LogP contribution in [0.25, 0.3) is 0 Å². The van der Waals surface area contributed by atoms with Gasteiger partial charge in [-0.1, -0.05) is 5.16 Å². The van der Waals surface area contributed by atoms with Gasteiger partial charge in [-0.3, -0.25) is 0 Å². The Balaban J connectivity index is 2.21. The van der Waals surface area contributed by atoms with Crippen LogP contribution in [0.15, 0.2) is 21.1 Å². The van der Waals surface area contributed by atoms with Crippen LogP contribution in [-0.4, -0.2) is 42.1 Å². The van der Waals surface area contributed by atoms with Gasteiger partial charge in [-0.25, -0.2) is 0 Å². The zero-order valence-electron chi connectivity index (χ0n) is 8.11. The number of piperazine rings is 1. The van der Waals surface area contributed by atoms with Crippen LogP contribution in [0.1, 0.15) is 4.88 Å². The van der Waals surface area contributed by atoms with Crippen LogP contribution in [0, 0.1) is 0 Å². The quantitative estimate of drug-likeness (QED) is 0.357. The molecule has 2 rings (SSSR count). The van der Waals surface area contributed by atoms with Gasteiger partial charge in [0.2, 0.25) is 0 Å². The smallest absolute Gasteiger partial charge is 0.186 e. The van der Waals surface area contributed by atoms with E-state index in [9.17, 15) is 0 Å². The lowest BCUT2D eigenvalue weighted by molar-refractivity contribution is 0.291. The molecule has 1 aromatic rings. The van der Waals surface area contributed by atoms with Crippen molar-refractivity contribution in [3.63, 3.8) is 0 Å². The zero-order chi connectivity index (χ0) is 10.7. The molecule has 0 saturated carbocycles. The first-order valence-electron chi connectivity index (χ1n) is 4.74. The highest BCUT2D eigenvalue weighted by atomic mass is 79.9. The largest absolute Gasteiger partial charge is 0.409 e. The minimum Gasteiger partial charge on any atom is -0.409 e. The molecule has 15 heavy (non-hydrogen) atoms. The predicted molar refractivity (Wildman–Crippen MR) is 64.8 cm³/mol. The van der Waals surface area contributed by atoms with E-state index in [1.54, 1.807) is 11.3 Å². The van der Waals surface area contributed by atoms with Crippen molar-refractivity contribution in [2.24, 2.45) is 5.16 Å². The van der Waals surface area contributed by atoms with Gasteiger partial charge >= 0.3 is 0 Å². The summed E-state index contributed by atoms with van der Waals surface area (Å²) < 4.78 is 0.985. The minimum atomic E-state index is 0.665. The number of oxime groups is 1. The third-order valence-electron chi connectivity index (χ3n) is 2.33. The molecule has 1 aliphatic heterocycles. The number of nitrogens with one attached hydrogen (secondary N) is 1. The van der Waals surface area contributed by atoms with E-state index >= 15 is 0 Å². The summed E-state index contributed by atoms with van der Waals surface area (Å²) in [5.41, 5.74) is 0. The maximum atomic E-state index is 9.09. The van der Waals surface area contributed by atoms with Crippen molar-refractivity contribution in [2.45, 2.75) is 0 Å². The Hall–Kier alpha value is -0.590. The van der Waals surface area contributed by atoms with Crippen molar-refractivity contribution in [3.05, 3.63) is 20.8 Å². The Morgan fingerprint density at radius 3 is 2.80 bits per heavy atom. The number of hydrogen-bond acceptors (Lipinski definition) is 4. The molecule has 2 heterocycles. The van der Waals surface area contributed by atoms with Gasteiger partial charge in [-0.15, -0.1) is 11.3 Å². The highest BCUT2D eigenvalue weighted by Crippen LogP contribution is 2.24. The Labute approximate surface area is 101 Å². The summed E-state index contributed by atoms with van der Waals surface area (Å²) in [5.74, 6) is 0.665. The van der Waals surface area contributed by atoms with E-state index in [1.165, 1.54) is 0 Å². The van der Waals surface area contributed by atoms with E-state index in [1.807, 2.05) is 11.4 Å². The predicted octanol–water partition coefficient (Wildman–Crippen LogP) is 1.55. The summed E-state index contributed by atoms with van der Waals surface area (Å²) in [6, 6.07) is 1.97. The molecule has 0 bridgehead atoms. The van der Waals surface area contributed by atoms with Crippen LogP contribution in [0.4, 0.5) is 0 Å². The molecule has 4 nitrogen and oxygen atoms in total. The van der Waals surface area contributed by atoms with Crippen LogP contribution in [0.5, 0.6) is 0 Å². The second kappa shape index (κ2) is 4.96. The topological polar surface area (TPSA) is 47.9 Å². The summed E-state index contributed by atoms with van der Waals surface area (Å²) in [6.45, 7) is 3.62. The summed E-state index contributed by atoms with van der Waals surface area (Å²) in [6.07, 6.45) is 0. The van der Waals surface area contributed by atoms with Crippen molar-refractivity contribution >= 4 is 33.1 Å². The second-order valence-electron chi connectivity index (χ2n) is 3.26. The molecule has 2 N–H and O–H groups in total. The molecule has 1 fully saturated rings. The average molecular weight is 290 g/mol. The van der Waals surface area contributed by atoms with Gasteiger partial charge in [0, 0.05) is 30.7 Å². The van der Waals surface area contributed by atoms with Crippen LogP contribution in [-0.2, 0) is 0 Å². The average Bonchev–Trinajstić information content (AvgIpc) is 2.68. The van der Waals surface area contributed by atoms with E-state index in [-0.39, 0.29) is 0 Å². The van der Waals surface area contributed by atoms with Crippen LogP contribution in [0.3, 0.4) is 0 Å². The van der Waals surface area contributed by atoms with E-state index in [4.69, 9.17) is 5.21 Å². The van der Waals surface area contributed by atoms with E-state index in [0.29, 0.717) is 5.84 Å². The lowest BCUT2D eigenvalue weighted by atomic mass is 10.3. The summed E-state index contributed by atoms with van der Waals surface area (Å²) >= 11 is 5.03. The first-order valence-corrected chi connectivity index (χ1v) is 6.41. The molecule has 6 heteroatoms. The van der Waals surface area contributed by atoms with Gasteiger partial charge in [-0.05, 0) is 27.4 Å². The van der Waals surface area contributed by atoms with E-state index in [0.717, 1.165) is 35.5 Å². The van der Waals surface area contributed by atoms with E-state index in [2.05, 4.69) is 31.3 Å². The number of amidine groups is 1. The first-order chi connectivity index (χ1) is 7.33. The molecule has 1 saturated heterocycles. The normalized spacial score (nSPS) is 18.2. The lowest BCUT2D eigenvalue weighted by Gasteiger charge is -2.29. The van der Waals surface area contributed by atoms with E-state index < -0.39 is 0 Å². The molecule has 0 atom stereocenters. The first kappa shape index (κ1) is 10.9. The Kier molecular flexibility index (Phi) is 3.61. The third-order valence-corrected chi connectivity index (χ3v) is 4.17. The molecular weight excluding hydrogens is 278 g/mol. The van der Waals surface area contributed by atoms with Gasteiger partial charge < -0.3 is 15.4 Å². The van der Waals surface area contributed by atoms with Crippen molar-refractivity contribution in [1.29, 1.82) is 0 Å². The molecule has 0 radical (unpaired) electrons. The Morgan fingerprint density at radius 1 is 1.53 bits per heavy atom. The van der Waals surface area contributed by atoms with Crippen molar-refractivity contribution in [2.75, 3.05) is 26.2 Å². The Morgan fingerprint density at radius 2 is 2.27 bits per heavy atom. The third kappa shape index (κ3) is 2.32. The van der Waals surface area contributed by atoms with Crippen molar-refractivity contribution in [3.8, 4) is 0 Å². The molecule has 82 valence electrons. The fraction of sp³-hybridized carbons (Fsp3) is 0.444. The molecular formula is C9H12BrN3OS. The summed E-state index contributed by atoms with van der Waals surface area (Å²) in [4.78, 5) is 3.08. The molecule has 1 aromatic heterocycles. The van der Waals surface area contributed by atoms with Gasteiger partial charge in [-0.2, -0.15) is 0 Å². The molecule has 0 aliphatic carbocycles. The molecule has 1 aliphatic rings.